The maximum Gasteiger partial charge on any atom is 0.249 e. The van der Waals surface area contributed by atoms with Crippen LogP contribution >= 0.6 is 0 Å². The Bertz CT molecular complexity index is 533. The Kier molecular flexibility index (Phi) is 4.44. The second-order valence-electron chi connectivity index (χ2n) is 5.89. The van der Waals surface area contributed by atoms with Gasteiger partial charge >= 0.3 is 0 Å². The van der Waals surface area contributed by atoms with E-state index in [1.165, 1.54) is 12.1 Å². The smallest absolute Gasteiger partial charge is 0.249 e. The van der Waals surface area contributed by atoms with E-state index in [2.05, 4.69) is 22.9 Å². The molecule has 1 aliphatic heterocycles. The Hall–Kier alpha value is -1.55. The minimum Gasteiger partial charge on any atom is -0.375 e. The molecule has 21 heavy (non-hydrogen) atoms. The number of ether oxygens (including phenoxy) is 1. The van der Waals surface area contributed by atoms with Crippen molar-refractivity contribution < 1.29 is 9.53 Å². The van der Waals surface area contributed by atoms with E-state index >= 15 is 0 Å². The van der Waals surface area contributed by atoms with Crippen molar-refractivity contribution in [1.29, 1.82) is 0 Å². The van der Waals surface area contributed by atoms with Crippen molar-refractivity contribution in [3.05, 3.63) is 35.7 Å². The van der Waals surface area contributed by atoms with E-state index in [0.717, 1.165) is 31.4 Å². The molecule has 114 valence electrons. The molecule has 0 unspecified atom stereocenters. The molecular formula is C17H24N2O2. The lowest BCUT2D eigenvalue weighted by molar-refractivity contribution is -0.129. The number of hydrogen-bond acceptors (Lipinski definition) is 2. The van der Waals surface area contributed by atoms with E-state index < -0.39 is 0 Å². The van der Waals surface area contributed by atoms with Crippen LogP contribution in [0.2, 0.25) is 0 Å². The van der Waals surface area contributed by atoms with Gasteiger partial charge in [0.05, 0.1) is 19.2 Å². The summed E-state index contributed by atoms with van der Waals surface area (Å²) in [6.45, 7) is 4.90. The average molecular weight is 288 g/mol. The molecule has 4 heteroatoms. The van der Waals surface area contributed by atoms with Gasteiger partial charge in [0, 0.05) is 30.6 Å². The molecule has 3 rings (SSSR count). The largest absolute Gasteiger partial charge is 0.375 e. The van der Waals surface area contributed by atoms with Gasteiger partial charge in [0.1, 0.15) is 0 Å². The van der Waals surface area contributed by atoms with Crippen molar-refractivity contribution >= 4 is 5.91 Å². The summed E-state index contributed by atoms with van der Waals surface area (Å²) in [4.78, 5) is 14.7. The lowest BCUT2D eigenvalue weighted by Crippen LogP contribution is -2.38. The monoisotopic (exact) mass is 288 g/mol. The Morgan fingerprint density at radius 2 is 2.29 bits per heavy atom. The SMILES string of the molecule is CCO[C@@H]1CN(C(=O)C2=CCCCC2)Cc2cccn2C1. The molecule has 0 N–H and O–H groups in total. The molecule has 1 aliphatic carbocycles. The number of fused-ring (bicyclic) bond motifs is 1. The molecule has 1 atom stereocenters. The first kappa shape index (κ1) is 14.4. The maximum absolute atomic E-state index is 12.8. The number of aromatic nitrogens is 1. The second-order valence-corrected chi connectivity index (χ2v) is 5.89. The molecule has 0 saturated carbocycles. The minimum atomic E-state index is 0.0804. The summed E-state index contributed by atoms with van der Waals surface area (Å²) >= 11 is 0. The first-order valence-electron chi connectivity index (χ1n) is 8.02. The summed E-state index contributed by atoms with van der Waals surface area (Å²) in [7, 11) is 0. The summed E-state index contributed by atoms with van der Waals surface area (Å²) in [5, 5.41) is 0. The normalized spacial score (nSPS) is 22.4. The van der Waals surface area contributed by atoms with E-state index in [-0.39, 0.29) is 12.0 Å². The number of carbonyl (C=O) groups excluding carboxylic acids is 1. The van der Waals surface area contributed by atoms with Gasteiger partial charge in [-0.25, -0.2) is 0 Å². The molecule has 0 radical (unpaired) electrons. The lowest BCUT2D eigenvalue weighted by Gasteiger charge is -2.26. The van der Waals surface area contributed by atoms with Gasteiger partial charge in [-0.05, 0) is 44.7 Å². The van der Waals surface area contributed by atoms with E-state index in [0.29, 0.717) is 19.7 Å². The van der Waals surface area contributed by atoms with Crippen molar-refractivity contribution in [2.45, 2.75) is 51.8 Å². The fourth-order valence-corrected chi connectivity index (χ4v) is 3.29. The van der Waals surface area contributed by atoms with Crippen LogP contribution in [0.5, 0.6) is 0 Å². The highest BCUT2D eigenvalue weighted by Crippen LogP contribution is 2.22. The second kappa shape index (κ2) is 6.48. The Morgan fingerprint density at radius 3 is 3.05 bits per heavy atom. The molecule has 4 nitrogen and oxygen atoms in total. The molecule has 0 bridgehead atoms. The van der Waals surface area contributed by atoms with Crippen LogP contribution in [0.3, 0.4) is 0 Å². The molecule has 1 amide bonds. The predicted molar refractivity (Wildman–Crippen MR) is 81.8 cm³/mol. The number of allylic oxidation sites excluding steroid dienone is 1. The topological polar surface area (TPSA) is 34.5 Å². The first-order chi connectivity index (χ1) is 10.3. The Morgan fingerprint density at radius 1 is 1.38 bits per heavy atom. The summed E-state index contributed by atoms with van der Waals surface area (Å²) in [5.41, 5.74) is 2.19. The number of nitrogens with zero attached hydrogens (tertiary/aromatic N) is 2. The Balaban J connectivity index is 1.80. The van der Waals surface area contributed by atoms with Gasteiger partial charge in [0.2, 0.25) is 5.91 Å². The van der Waals surface area contributed by atoms with Crippen LogP contribution in [0, 0.1) is 0 Å². The fourth-order valence-electron chi connectivity index (χ4n) is 3.29. The van der Waals surface area contributed by atoms with Gasteiger partial charge in [0.25, 0.3) is 0 Å². The molecule has 0 spiro atoms. The number of rotatable bonds is 3. The van der Waals surface area contributed by atoms with Crippen LogP contribution in [0.1, 0.15) is 38.3 Å². The standard InChI is InChI=1S/C17H24N2O2/c1-2-21-16-12-18-10-6-9-15(18)11-19(13-16)17(20)14-7-4-3-5-8-14/h6-7,9-10,16H,2-5,8,11-13H2,1H3/t16-/m0/s1. The van der Waals surface area contributed by atoms with Gasteiger partial charge in [0.15, 0.2) is 0 Å². The van der Waals surface area contributed by atoms with Gasteiger partial charge in [-0.3, -0.25) is 4.79 Å². The van der Waals surface area contributed by atoms with E-state index in [1.807, 2.05) is 17.9 Å². The van der Waals surface area contributed by atoms with Gasteiger partial charge < -0.3 is 14.2 Å². The van der Waals surface area contributed by atoms with Crippen LogP contribution in [-0.4, -0.2) is 34.6 Å². The molecule has 2 heterocycles. The molecule has 0 saturated heterocycles. The van der Waals surface area contributed by atoms with Crippen molar-refractivity contribution in [2.75, 3.05) is 13.2 Å². The molecule has 0 aromatic carbocycles. The van der Waals surface area contributed by atoms with E-state index in [1.54, 1.807) is 0 Å². The predicted octanol–water partition coefficient (Wildman–Crippen LogP) is 2.74. The summed E-state index contributed by atoms with van der Waals surface area (Å²) in [6, 6.07) is 4.15. The van der Waals surface area contributed by atoms with E-state index in [9.17, 15) is 4.79 Å². The molecule has 2 aliphatic rings. The summed E-state index contributed by atoms with van der Waals surface area (Å²) < 4.78 is 8.03. The highest BCUT2D eigenvalue weighted by Gasteiger charge is 2.27. The molecule has 1 aromatic rings. The van der Waals surface area contributed by atoms with Crippen LogP contribution in [-0.2, 0) is 22.6 Å². The van der Waals surface area contributed by atoms with Crippen molar-refractivity contribution in [3.63, 3.8) is 0 Å². The number of hydrogen-bond donors (Lipinski definition) is 0. The quantitative estimate of drug-likeness (QED) is 0.857. The van der Waals surface area contributed by atoms with Gasteiger partial charge in [-0.1, -0.05) is 6.08 Å². The number of carbonyl (C=O) groups is 1. The molecule has 1 aromatic heterocycles. The van der Waals surface area contributed by atoms with E-state index in [4.69, 9.17) is 4.74 Å². The van der Waals surface area contributed by atoms with Crippen molar-refractivity contribution in [1.82, 2.24) is 9.47 Å². The van der Waals surface area contributed by atoms with Crippen molar-refractivity contribution in [3.8, 4) is 0 Å². The zero-order valence-corrected chi connectivity index (χ0v) is 12.8. The van der Waals surface area contributed by atoms with Crippen LogP contribution in [0.4, 0.5) is 0 Å². The van der Waals surface area contributed by atoms with Gasteiger partial charge in [-0.2, -0.15) is 0 Å². The van der Waals surface area contributed by atoms with Gasteiger partial charge in [-0.15, -0.1) is 0 Å². The summed E-state index contributed by atoms with van der Waals surface area (Å²) in [6.07, 6.45) is 8.60. The molecule has 0 fully saturated rings. The zero-order valence-electron chi connectivity index (χ0n) is 12.8. The highest BCUT2D eigenvalue weighted by molar-refractivity contribution is 5.93. The third-order valence-corrected chi connectivity index (χ3v) is 4.36. The average Bonchev–Trinajstić information content (AvgIpc) is 2.86. The number of amides is 1. The highest BCUT2D eigenvalue weighted by atomic mass is 16.5. The van der Waals surface area contributed by atoms with Crippen LogP contribution in [0.15, 0.2) is 30.0 Å². The maximum atomic E-state index is 12.8. The minimum absolute atomic E-state index is 0.0804. The fraction of sp³-hybridized carbons (Fsp3) is 0.588. The van der Waals surface area contributed by atoms with Crippen LogP contribution < -0.4 is 0 Å². The first-order valence-corrected chi connectivity index (χ1v) is 8.02. The van der Waals surface area contributed by atoms with Crippen LogP contribution in [0.25, 0.3) is 0 Å². The third kappa shape index (κ3) is 3.21. The molecular weight excluding hydrogens is 264 g/mol. The summed E-state index contributed by atoms with van der Waals surface area (Å²) in [5.74, 6) is 0.203. The van der Waals surface area contributed by atoms with Crippen molar-refractivity contribution in [2.24, 2.45) is 0 Å². The lowest BCUT2D eigenvalue weighted by atomic mass is 9.98. The third-order valence-electron chi connectivity index (χ3n) is 4.36. The Labute approximate surface area is 126 Å². The zero-order chi connectivity index (χ0) is 14.7.